The minimum absolute atomic E-state index is 0.00788. The first-order chi connectivity index (χ1) is 8.69. The molecule has 0 saturated heterocycles. The molecule has 0 bridgehead atoms. The van der Waals surface area contributed by atoms with Gasteiger partial charge in [0.05, 0.1) is 7.11 Å². The maximum absolute atomic E-state index is 10.8. The first-order valence-electron chi connectivity index (χ1n) is 5.30. The molecule has 0 aliphatic carbocycles. The van der Waals surface area contributed by atoms with Crippen LogP contribution in [0.15, 0.2) is 42.5 Å². The number of anilines is 2. The first-order valence-corrected chi connectivity index (χ1v) is 5.30. The molecule has 2 N–H and O–H groups in total. The Balaban J connectivity index is 2.17. The van der Waals surface area contributed by atoms with Crippen LogP contribution in [-0.4, -0.2) is 23.2 Å². The van der Waals surface area contributed by atoms with Gasteiger partial charge in [-0.1, -0.05) is 6.07 Å². The lowest BCUT2D eigenvalue weighted by atomic mass is 10.3. The highest BCUT2D eigenvalue weighted by Crippen LogP contribution is 2.18. The van der Waals surface area contributed by atoms with Gasteiger partial charge in [0.25, 0.3) is 0 Å². The van der Waals surface area contributed by atoms with Gasteiger partial charge in [-0.3, -0.25) is 0 Å². The Morgan fingerprint density at radius 2 is 1.94 bits per heavy atom. The molecule has 0 aliphatic rings. The van der Waals surface area contributed by atoms with Crippen molar-refractivity contribution in [2.75, 3.05) is 12.4 Å². The molecule has 5 heteroatoms. The molecule has 92 valence electrons. The van der Waals surface area contributed by atoms with E-state index >= 15 is 0 Å². The third-order valence-corrected chi connectivity index (χ3v) is 2.33. The summed E-state index contributed by atoms with van der Waals surface area (Å²) in [5.41, 5.74) is 0.819. The number of carbonyl (C=O) groups is 1. The SMILES string of the molecule is COc1ccc(Nc2cccc(C(=O)O)n2)cc1. The van der Waals surface area contributed by atoms with Gasteiger partial charge in [-0.15, -0.1) is 0 Å². The van der Waals surface area contributed by atoms with E-state index in [0.29, 0.717) is 5.82 Å². The summed E-state index contributed by atoms with van der Waals surface area (Å²) in [6, 6.07) is 12.1. The maximum Gasteiger partial charge on any atom is 0.354 e. The average Bonchev–Trinajstić information content (AvgIpc) is 2.40. The van der Waals surface area contributed by atoms with Crippen molar-refractivity contribution < 1.29 is 14.6 Å². The fraction of sp³-hybridized carbons (Fsp3) is 0.0769. The number of aromatic nitrogens is 1. The molecule has 0 fully saturated rings. The van der Waals surface area contributed by atoms with Crippen molar-refractivity contribution in [1.82, 2.24) is 4.98 Å². The molecule has 2 rings (SSSR count). The fourth-order valence-electron chi connectivity index (χ4n) is 1.45. The summed E-state index contributed by atoms with van der Waals surface area (Å²) in [6.07, 6.45) is 0. The van der Waals surface area contributed by atoms with Crippen LogP contribution in [0.5, 0.6) is 5.75 Å². The number of carboxylic acid groups (broad SMARTS) is 1. The molecule has 0 unspecified atom stereocenters. The van der Waals surface area contributed by atoms with E-state index in [1.54, 1.807) is 19.2 Å². The largest absolute Gasteiger partial charge is 0.497 e. The molecule has 2 aromatic rings. The number of pyridine rings is 1. The van der Waals surface area contributed by atoms with E-state index in [1.807, 2.05) is 24.3 Å². The average molecular weight is 244 g/mol. The summed E-state index contributed by atoms with van der Waals surface area (Å²) in [5, 5.41) is 11.9. The van der Waals surface area contributed by atoms with Crippen molar-refractivity contribution in [3.05, 3.63) is 48.2 Å². The number of nitrogens with one attached hydrogen (secondary N) is 1. The molecule has 1 aromatic carbocycles. The number of carboxylic acids is 1. The summed E-state index contributed by atoms with van der Waals surface area (Å²) in [5.74, 6) is 0.196. The lowest BCUT2D eigenvalue weighted by Crippen LogP contribution is -2.02. The van der Waals surface area contributed by atoms with Gasteiger partial charge >= 0.3 is 5.97 Å². The summed E-state index contributed by atoms with van der Waals surface area (Å²) in [6.45, 7) is 0. The van der Waals surface area contributed by atoms with Gasteiger partial charge in [-0.2, -0.15) is 0 Å². The Bertz CT molecular complexity index is 552. The van der Waals surface area contributed by atoms with E-state index in [9.17, 15) is 4.79 Å². The van der Waals surface area contributed by atoms with E-state index in [2.05, 4.69) is 10.3 Å². The highest BCUT2D eigenvalue weighted by Gasteiger charge is 2.05. The fourth-order valence-corrected chi connectivity index (χ4v) is 1.45. The Labute approximate surface area is 104 Å². The van der Waals surface area contributed by atoms with Crippen LogP contribution in [0.3, 0.4) is 0 Å². The van der Waals surface area contributed by atoms with Crippen molar-refractivity contribution in [3.8, 4) is 5.75 Å². The van der Waals surface area contributed by atoms with Crippen LogP contribution in [0.4, 0.5) is 11.5 Å². The molecule has 0 spiro atoms. The predicted molar refractivity (Wildman–Crippen MR) is 67.5 cm³/mol. The molecule has 18 heavy (non-hydrogen) atoms. The standard InChI is InChI=1S/C13H12N2O3/c1-18-10-7-5-9(6-8-10)14-12-4-2-3-11(15-12)13(16)17/h2-8H,1H3,(H,14,15)(H,16,17). The monoisotopic (exact) mass is 244 g/mol. The first kappa shape index (κ1) is 11.9. The Morgan fingerprint density at radius 1 is 1.22 bits per heavy atom. The van der Waals surface area contributed by atoms with Gasteiger partial charge < -0.3 is 15.2 Å². The summed E-state index contributed by atoms with van der Waals surface area (Å²) < 4.78 is 5.05. The number of rotatable bonds is 4. The van der Waals surface area contributed by atoms with Crippen molar-refractivity contribution in [3.63, 3.8) is 0 Å². The number of hydrogen-bond acceptors (Lipinski definition) is 4. The second-order valence-electron chi connectivity index (χ2n) is 3.57. The van der Waals surface area contributed by atoms with Gasteiger partial charge in [0.2, 0.25) is 0 Å². The number of nitrogens with zero attached hydrogens (tertiary/aromatic N) is 1. The third kappa shape index (κ3) is 2.76. The van der Waals surface area contributed by atoms with E-state index < -0.39 is 5.97 Å². The predicted octanol–water partition coefficient (Wildman–Crippen LogP) is 2.53. The van der Waals surface area contributed by atoms with Gasteiger partial charge in [0.1, 0.15) is 11.6 Å². The molecular weight excluding hydrogens is 232 g/mol. The van der Waals surface area contributed by atoms with E-state index in [-0.39, 0.29) is 5.69 Å². The molecule has 0 atom stereocenters. The Hall–Kier alpha value is -2.56. The molecule has 0 amide bonds. The van der Waals surface area contributed by atoms with E-state index in [0.717, 1.165) is 11.4 Å². The van der Waals surface area contributed by atoms with Crippen LogP contribution in [0.1, 0.15) is 10.5 Å². The van der Waals surface area contributed by atoms with Crippen LogP contribution >= 0.6 is 0 Å². The zero-order chi connectivity index (χ0) is 13.0. The zero-order valence-corrected chi connectivity index (χ0v) is 9.75. The molecule has 0 aliphatic heterocycles. The second kappa shape index (κ2) is 5.18. The van der Waals surface area contributed by atoms with Crippen molar-refractivity contribution in [1.29, 1.82) is 0 Å². The van der Waals surface area contributed by atoms with Crippen LogP contribution in [0, 0.1) is 0 Å². The smallest absolute Gasteiger partial charge is 0.354 e. The summed E-state index contributed by atoms with van der Waals surface area (Å²) >= 11 is 0. The number of hydrogen-bond donors (Lipinski definition) is 2. The zero-order valence-electron chi connectivity index (χ0n) is 9.75. The third-order valence-electron chi connectivity index (χ3n) is 2.33. The minimum atomic E-state index is -1.05. The molecule has 0 radical (unpaired) electrons. The Morgan fingerprint density at radius 3 is 2.56 bits per heavy atom. The molecule has 5 nitrogen and oxygen atoms in total. The number of methoxy groups -OCH3 is 1. The number of ether oxygens (including phenoxy) is 1. The van der Waals surface area contributed by atoms with Crippen LogP contribution in [0.2, 0.25) is 0 Å². The minimum Gasteiger partial charge on any atom is -0.497 e. The maximum atomic E-state index is 10.8. The summed E-state index contributed by atoms with van der Waals surface area (Å²) in [7, 11) is 1.60. The van der Waals surface area contributed by atoms with E-state index in [4.69, 9.17) is 9.84 Å². The normalized spacial score (nSPS) is 9.83. The van der Waals surface area contributed by atoms with Gasteiger partial charge in [0, 0.05) is 5.69 Å². The topological polar surface area (TPSA) is 71.5 Å². The van der Waals surface area contributed by atoms with Crippen LogP contribution in [0.25, 0.3) is 0 Å². The lowest BCUT2D eigenvalue weighted by Gasteiger charge is -2.07. The van der Waals surface area contributed by atoms with E-state index in [1.165, 1.54) is 6.07 Å². The molecule has 1 heterocycles. The quantitative estimate of drug-likeness (QED) is 0.864. The van der Waals surface area contributed by atoms with Gasteiger partial charge in [-0.25, -0.2) is 9.78 Å². The number of benzene rings is 1. The second-order valence-corrected chi connectivity index (χ2v) is 3.57. The van der Waals surface area contributed by atoms with Crippen LogP contribution in [-0.2, 0) is 0 Å². The number of aromatic carboxylic acids is 1. The van der Waals surface area contributed by atoms with Crippen molar-refractivity contribution >= 4 is 17.5 Å². The molecule has 1 aromatic heterocycles. The highest BCUT2D eigenvalue weighted by atomic mass is 16.5. The highest BCUT2D eigenvalue weighted by molar-refractivity contribution is 5.85. The summed E-state index contributed by atoms with van der Waals surface area (Å²) in [4.78, 5) is 14.8. The Kier molecular flexibility index (Phi) is 3.43. The molecular formula is C13H12N2O3. The van der Waals surface area contributed by atoms with Gasteiger partial charge in [-0.05, 0) is 36.4 Å². The lowest BCUT2D eigenvalue weighted by molar-refractivity contribution is 0.0690. The molecule has 0 saturated carbocycles. The van der Waals surface area contributed by atoms with Crippen molar-refractivity contribution in [2.45, 2.75) is 0 Å². The van der Waals surface area contributed by atoms with Crippen molar-refractivity contribution in [2.24, 2.45) is 0 Å². The van der Waals surface area contributed by atoms with Gasteiger partial charge in [0.15, 0.2) is 5.69 Å². The van der Waals surface area contributed by atoms with Crippen LogP contribution < -0.4 is 10.1 Å².